The molecule has 0 unspecified atom stereocenters. The summed E-state index contributed by atoms with van der Waals surface area (Å²) in [6.45, 7) is 6.11. The molecular weight excluding hydrogens is 367 g/mol. The Labute approximate surface area is 168 Å². The van der Waals surface area contributed by atoms with Crippen molar-refractivity contribution in [3.63, 3.8) is 0 Å². The summed E-state index contributed by atoms with van der Waals surface area (Å²) in [5.74, 6) is -0.247. The first-order valence-electron chi connectivity index (χ1n) is 10.0. The summed E-state index contributed by atoms with van der Waals surface area (Å²) in [6.07, 6.45) is 2.97. The second kappa shape index (κ2) is 7.08. The summed E-state index contributed by atoms with van der Waals surface area (Å²) < 4.78 is 17.7. The van der Waals surface area contributed by atoms with Crippen molar-refractivity contribution in [3.05, 3.63) is 54.6 Å². The van der Waals surface area contributed by atoms with Gasteiger partial charge in [0.1, 0.15) is 11.3 Å². The zero-order valence-corrected chi connectivity index (χ0v) is 16.5. The molecule has 2 aromatic heterocycles. The van der Waals surface area contributed by atoms with Crippen LogP contribution in [0.4, 0.5) is 4.39 Å². The summed E-state index contributed by atoms with van der Waals surface area (Å²) >= 11 is 0. The van der Waals surface area contributed by atoms with E-state index in [0.29, 0.717) is 6.04 Å². The molecule has 0 amide bonds. The average molecular weight is 390 g/mol. The molecule has 4 aromatic rings. The molecule has 0 bridgehead atoms. The van der Waals surface area contributed by atoms with Crippen LogP contribution in [0.2, 0.25) is 0 Å². The third-order valence-corrected chi connectivity index (χ3v) is 5.57. The lowest BCUT2D eigenvalue weighted by atomic mass is 10.0. The van der Waals surface area contributed by atoms with Crippen LogP contribution in [0.1, 0.15) is 32.4 Å². The number of fused-ring (bicyclic) bond motifs is 1. The molecule has 148 valence electrons. The van der Waals surface area contributed by atoms with Crippen LogP contribution in [0.15, 0.2) is 48.8 Å². The first-order chi connectivity index (χ1) is 14.1. The molecule has 1 N–H and O–H groups in total. The first-order valence-corrected chi connectivity index (χ1v) is 10.0. The van der Waals surface area contributed by atoms with Crippen LogP contribution < -0.4 is 5.32 Å². The minimum absolute atomic E-state index is 0.218. The second-order valence-corrected chi connectivity index (χ2v) is 7.83. The van der Waals surface area contributed by atoms with Gasteiger partial charge in [0.2, 0.25) is 0 Å². The van der Waals surface area contributed by atoms with Crippen LogP contribution in [0.3, 0.4) is 0 Å². The van der Waals surface area contributed by atoms with Crippen molar-refractivity contribution >= 4 is 11.0 Å². The largest absolute Gasteiger partial charge is 0.326 e. The topological polar surface area (TPSA) is 60.6 Å². The van der Waals surface area contributed by atoms with Gasteiger partial charge >= 0.3 is 0 Å². The smallest absolute Gasteiger partial charge is 0.123 e. The number of nitrogens with zero attached hydrogens (tertiary/aromatic N) is 5. The van der Waals surface area contributed by atoms with Crippen LogP contribution in [0.5, 0.6) is 0 Å². The van der Waals surface area contributed by atoms with E-state index in [0.717, 1.165) is 53.1 Å². The summed E-state index contributed by atoms with van der Waals surface area (Å²) in [7, 11) is 0. The Morgan fingerprint density at radius 2 is 1.90 bits per heavy atom. The number of imidazole rings is 1. The van der Waals surface area contributed by atoms with Crippen LogP contribution in [-0.4, -0.2) is 37.6 Å². The van der Waals surface area contributed by atoms with Gasteiger partial charge in [-0.25, -0.2) is 14.1 Å². The predicted octanol–water partition coefficient (Wildman–Crippen LogP) is 4.22. The zero-order chi connectivity index (χ0) is 20.0. The maximum atomic E-state index is 13.5. The number of benzene rings is 2. The summed E-state index contributed by atoms with van der Waals surface area (Å²) in [5.41, 5.74) is 5.75. The Morgan fingerprint density at radius 1 is 1.10 bits per heavy atom. The fourth-order valence-corrected chi connectivity index (χ4v) is 4.08. The molecule has 6 nitrogen and oxygen atoms in total. The van der Waals surface area contributed by atoms with Crippen molar-refractivity contribution in [3.8, 4) is 22.5 Å². The van der Waals surface area contributed by atoms with Crippen LogP contribution in [0, 0.1) is 5.82 Å². The Morgan fingerprint density at radius 3 is 2.62 bits per heavy atom. The van der Waals surface area contributed by atoms with Gasteiger partial charge in [-0.2, -0.15) is 0 Å². The standard InChI is InChI=1S/C22H23FN6/c1-14(2)29-20-11-16(5-8-19(20)26-27-29)22-21(15-3-6-17(23)7-4-15)25-13-28(22)18-9-10-24-12-18/h3-8,11,13-14,18,24H,9-10,12H2,1-2H3/t18-/m0/s1. The number of nitrogens with one attached hydrogen (secondary N) is 1. The van der Waals surface area contributed by atoms with Crippen molar-refractivity contribution in [1.29, 1.82) is 0 Å². The minimum Gasteiger partial charge on any atom is -0.326 e. The van der Waals surface area contributed by atoms with E-state index in [1.165, 1.54) is 12.1 Å². The number of hydrogen-bond acceptors (Lipinski definition) is 4. The van der Waals surface area contributed by atoms with Crippen molar-refractivity contribution in [2.24, 2.45) is 0 Å². The van der Waals surface area contributed by atoms with Gasteiger partial charge in [-0.05, 0) is 63.2 Å². The molecule has 0 spiro atoms. The van der Waals surface area contributed by atoms with Crippen molar-refractivity contribution < 1.29 is 4.39 Å². The zero-order valence-electron chi connectivity index (χ0n) is 16.5. The number of rotatable bonds is 4. The van der Waals surface area contributed by atoms with E-state index in [1.54, 1.807) is 12.1 Å². The fraction of sp³-hybridized carbons (Fsp3) is 0.318. The molecule has 0 radical (unpaired) electrons. The van der Waals surface area contributed by atoms with Gasteiger partial charge in [0.05, 0.1) is 23.2 Å². The molecule has 0 saturated carbocycles. The van der Waals surface area contributed by atoms with Gasteiger partial charge < -0.3 is 9.88 Å². The molecule has 5 rings (SSSR count). The normalized spacial score (nSPS) is 16.9. The molecular formula is C22H23FN6. The molecule has 1 aliphatic rings. The van der Waals surface area contributed by atoms with E-state index in [2.05, 4.69) is 46.2 Å². The van der Waals surface area contributed by atoms with Gasteiger partial charge in [-0.3, -0.25) is 0 Å². The maximum absolute atomic E-state index is 13.5. The lowest BCUT2D eigenvalue weighted by molar-refractivity contribution is 0.530. The van der Waals surface area contributed by atoms with Crippen molar-refractivity contribution in [2.45, 2.75) is 32.4 Å². The SMILES string of the molecule is CC(C)n1nnc2ccc(-c3c(-c4ccc(F)cc4)ncn3[C@H]3CCNC3)cc21. The monoisotopic (exact) mass is 390 g/mol. The molecule has 29 heavy (non-hydrogen) atoms. The highest BCUT2D eigenvalue weighted by Crippen LogP contribution is 2.36. The Balaban J connectivity index is 1.71. The van der Waals surface area contributed by atoms with E-state index in [-0.39, 0.29) is 11.9 Å². The Kier molecular flexibility index (Phi) is 4.39. The Bertz CT molecular complexity index is 1150. The Hall–Kier alpha value is -3.06. The minimum atomic E-state index is -0.247. The van der Waals surface area contributed by atoms with E-state index in [4.69, 9.17) is 4.98 Å². The molecule has 7 heteroatoms. The highest BCUT2D eigenvalue weighted by atomic mass is 19.1. The number of hydrogen-bond donors (Lipinski definition) is 1. The van der Waals surface area contributed by atoms with E-state index in [9.17, 15) is 4.39 Å². The van der Waals surface area contributed by atoms with Gasteiger partial charge in [0.25, 0.3) is 0 Å². The van der Waals surface area contributed by atoms with Crippen LogP contribution >= 0.6 is 0 Å². The molecule has 1 saturated heterocycles. The number of aromatic nitrogens is 5. The van der Waals surface area contributed by atoms with Gasteiger partial charge in [0, 0.05) is 29.8 Å². The summed E-state index contributed by atoms with van der Waals surface area (Å²) in [5, 5.41) is 12.0. The molecule has 2 aromatic carbocycles. The average Bonchev–Trinajstić information content (AvgIpc) is 3.46. The second-order valence-electron chi connectivity index (χ2n) is 7.83. The molecule has 0 aliphatic carbocycles. The van der Waals surface area contributed by atoms with Crippen molar-refractivity contribution in [2.75, 3.05) is 13.1 Å². The third-order valence-electron chi connectivity index (χ3n) is 5.57. The quantitative estimate of drug-likeness (QED) is 0.567. The first kappa shape index (κ1) is 18.0. The molecule has 3 heterocycles. The predicted molar refractivity (Wildman–Crippen MR) is 111 cm³/mol. The lowest BCUT2D eigenvalue weighted by Gasteiger charge is -2.16. The van der Waals surface area contributed by atoms with Crippen molar-refractivity contribution in [1.82, 2.24) is 29.9 Å². The molecule has 1 aliphatic heterocycles. The summed E-state index contributed by atoms with van der Waals surface area (Å²) in [6, 6.07) is 13.3. The highest BCUT2D eigenvalue weighted by Gasteiger charge is 2.24. The molecule has 1 fully saturated rings. The van der Waals surface area contributed by atoms with Crippen LogP contribution in [0.25, 0.3) is 33.5 Å². The van der Waals surface area contributed by atoms with Gasteiger partial charge in [0.15, 0.2) is 0 Å². The lowest BCUT2D eigenvalue weighted by Crippen LogP contribution is -2.13. The van der Waals surface area contributed by atoms with Crippen LogP contribution in [-0.2, 0) is 0 Å². The van der Waals surface area contributed by atoms with Gasteiger partial charge in [-0.1, -0.05) is 11.3 Å². The van der Waals surface area contributed by atoms with E-state index in [1.807, 2.05) is 17.1 Å². The molecule has 1 atom stereocenters. The summed E-state index contributed by atoms with van der Waals surface area (Å²) in [4.78, 5) is 4.74. The van der Waals surface area contributed by atoms with Gasteiger partial charge in [-0.15, -0.1) is 5.10 Å². The highest BCUT2D eigenvalue weighted by molar-refractivity contribution is 5.85. The fourth-order valence-electron chi connectivity index (χ4n) is 4.08. The van der Waals surface area contributed by atoms with E-state index >= 15 is 0 Å². The third kappa shape index (κ3) is 3.11. The maximum Gasteiger partial charge on any atom is 0.123 e. The van der Waals surface area contributed by atoms with E-state index < -0.39 is 0 Å². The number of halogens is 1.